The van der Waals surface area contributed by atoms with Gasteiger partial charge in [-0.2, -0.15) is 4.31 Å². The van der Waals surface area contributed by atoms with Gasteiger partial charge in [-0.1, -0.05) is 31.0 Å². The van der Waals surface area contributed by atoms with E-state index in [1.807, 2.05) is 6.92 Å². The van der Waals surface area contributed by atoms with Crippen LogP contribution in [-0.4, -0.2) is 43.4 Å². The Morgan fingerprint density at radius 3 is 2.63 bits per heavy atom. The van der Waals surface area contributed by atoms with Gasteiger partial charge in [-0.25, -0.2) is 8.42 Å². The highest BCUT2D eigenvalue weighted by atomic mass is 32.2. The zero-order valence-corrected chi connectivity index (χ0v) is 17.5. The molecule has 1 atom stereocenters. The number of hydrogen-bond donors (Lipinski definition) is 3. The minimum absolute atomic E-state index is 0.166. The van der Waals surface area contributed by atoms with E-state index >= 15 is 0 Å². The molecule has 1 heterocycles. The van der Waals surface area contributed by atoms with Gasteiger partial charge in [-0.3, -0.25) is 15.6 Å². The van der Waals surface area contributed by atoms with Crippen LogP contribution >= 0.6 is 12.2 Å². The molecule has 1 aromatic rings. The van der Waals surface area contributed by atoms with Gasteiger partial charge in [0.25, 0.3) is 0 Å². The first-order chi connectivity index (χ1) is 12.8. The topological polar surface area (TPSA) is 90.5 Å². The smallest absolute Gasteiger partial charge is 0.243 e. The third-order valence-electron chi connectivity index (χ3n) is 4.53. The van der Waals surface area contributed by atoms with Crippen LogP contribution in [-0.2, 0) is 14.8 Å². The second-order valence-corrected chi connectivity index (χ2v) is 9.09. The highest BCUT2D eigenvalue weighted by molar-refractivity contribution is 7.89. The Hall–Kier alpha value is -1.71. The van der Waals surface area contributed by atoms with Crippen molar-refractivity contribution in [3.8, 4) is 0 Å². The summed E-state index contributed by atoms with van der Waals surface area (Å²) >= 11 is 5.10. The molecule has 150 valence electrons. The lowest BCUT2D eigenvalue weighted by molar-refractivity contribution is -0.126. The fourth-order valence-electron chi connectivity index (χ4n) is 2.88. The summed E-state index contributed by atoms with van der Waals surface area (Å²) in [6.07, 6.45) is 3.32. The first-order valence-electron chi connectivity index (χ1n) is 9.25. The maximum Gasteiger partial charge on any atom is 0.243 e. The molecule has 1 aliphatic heterocycles. The van der Waals surface area contributed by atoms with Crippen molar-refractivity contribution in [3.05, 3.63) is 29.8 Å². The van der Waals surface area contributed by atoms with E-state index in [4.69, 9.17) is 12.2 Å². The first kappa shape index (κ1) is 21.6. The number of nitrogens with zero attached hydrogens (tertiary/aromatic N) is 1. The minimum Gasteiger partial charge on any atom is -0.361 e. The summed E-state index contributed by atoms with van der Waals surface area (Å²) in [5.74, 6) is -0.664. The van der Waals surface area contributed by atoms with Crippen LogP contribution < -0.4 is 16.2 Å². The molecule has 0 radical (unpaired) electrons. The third-order valence-corrected chi connectivity index (χ3v) is 6.65. The third kappa shape index (κ3) is 6.15. The number of amides is 1. The van der Waals surface area contributed by atoms with Crippen LogP contribution in [0.5, 0.6) is 0 Å². The molecular formula is C18H28N4O3S2. The van der Waals surface area contributed by atoms with Crippen molar-refractivity contribution in [2.45, 2.75) is 44.4 Å². The van der Waals surface area contributed by atoms with E-state index in [1.54, 1.807) is 24.3 Å². The molecule has 0 aliphatic carbocycles. The van der Waals surface area contributed by atoms with Gasteiger partial charge in [0.1, 0.15) is 0 Å². The molecule has 0 saturated carbocycles. The van der Waals surface area contributed by atoms with Crippen molar-refractivity contribution in [1.82, 2.24) is 20.5 Å². The number of rotatable bonds is 6. The number of unbranched alkanes of at least 4 members (excludes halogenated alkanes) is 1. The summed E-state index contributed by atoms with van der Waals surface area (Å²) in [6.45, 7) is 5.32. The molecule has 2 rings (SSSR count). The SMILES string of the molecule is CCCCNC(=S)NNC(=O)[C@@H]1CCCN(S(=O)(=O)c2ccc(C)cc2)C1. The van der Waals surface area contributed by atoms with E-state index in [0.717, 1.165) is 24.9 Å². The predicted molar refractivity (Wildman–Crippen MR) is 109 cm³/mol. The van der Waals surface area contributed by atoms with Crippen LogP contribution in [0, 0.1) is 12.8 Å². The Kier molecular flexibility index (Phi) is 8.00. The summed E-state index contributed by atoms with van der Waals surface area (Å²) in [6, 6.07) is 6.77. The summed E-state index contributed by atoms with van der Waals surface area (Å²) in [5, 5.41) is 3.36. The molecule has 0 aromatic heterocycles. The van der Waals surface area contributed by atoms with Crippen molar-refractivity contribution in [2.75, 3.05) is 19.6 Å². The van der Waals surface area contributed by atoms with Gasteiger partial charge >= 0.3 is 0 Å². The Balaban J connectivity index is 1.92. The standard InChI is InChI=1S/C18H28N4O3S2/c1-3-4-11-19-18(26)21-20-17(23)15-6-5-12-22(13-15)27(24,25)16-9-7-14(2)8-10-16/h7-10,15H,3-6,11-13H2,1-2H3,(H,20,23)(H2,19,21,26)/t15-/m1/s1. The molecular weight excluding hydrogens is 384 g/mol. The molecule has 1 aliphatic rings. The molecule has 1 fully saturated rings. The molecule has 0 spiro atoms. The summed E-state index contributed by atoms with van der Waals surface area (Å²) < 4.78 is 27.0. The van der Waals surface area contributed by atoms with Crippen molar-refractivity contribution in [1.29, 1.82) is 0 Å². The second kappa shape index (κ2) is 10.0. The van der Waals surface area contributed by atoms with E-state index in [1.165, 1.54) is 4.31 Å². The number of carbonyl (C=O) groups excluding carboxylic acids is 1. The number of hydrazine groups is 1. The van der Waals surface area contributed by atoms with E-state index in [-0.39, 0.29) is 17.3 Å². The molecule has 1 amide bonds. The molecule has 0 bridgehead atoms. The number of sulfonamides is 1. The van der Waals surface area contributed by atoms with Crippen LogP contribution in [0.15, 0.2) is 29.2 Å². The number of aryl methyl sites for hydroxylation is 1. The zero-order valence-electron chi connectivity index (χ0n) is 15.8. The van der Waals surface area contributed by atoms with Crippen LogP contribution in [0.2, 0.25) is 0 Å². The first-order valence-corrected chi connectivity index (χ1v) is 11.1. The average Bonchev–Trinajstić information content (AvgIpc) is 2.67. The zero-order chi connectivity index (χ0) is 19.9. The normalized spacial score (nSPS) is 17.9. The molecule has 1 saturated heterocycles. The van der Waals surface area contributed by atoms with Crippen LogP contribution in [0.25, 0.3) is 0 Å². The number of benzene rings is 1. The minimum atomic E-state index is -3.60. The Labute approximate surface area is 166 Å². The van der Waals surface area contributed by atoms with Gasteiger partial charge in [0.05, 0.1) is 10.8 Å². The quantitative estimate of drug-likeness (QED) is 0.374. The molecule has 9 heteroatoms. The Morgan fingerprint density at radius 2 is 1.96 bits per heavy atom. The lowest BCUT2D eigenvalue weighted by Crippen LogP contribution is -2.52. The molecule has 1 aromatic carbocycles. The van der Waals surface area contributed by atoms with Crippen LogP contribution in [0.3, 0.4) is 0 Å². The van der Waals surface area contributed by atoms with Crippen LogP contribution in [0.1, 0.15) is 38.2 Å². The van der Waals surface area contributed by atoms with Crippen LogP contribution in [0.4, 0.5) is 0 Å². The maximum absolute atomic E-state index is 12.8. The summed E-state index contributed by atoms with van der Waals surface area (Å²) in [7, 11) is -3.60. The van der Waals surface area contributed by atoms with E-state index in [0.29, 0.717) is 24.5 Å². The van der Waals surface area contributed by atoms with Crippen molar-refractivity contribution in [3.63, 3.8) is 0 Å². The van der Waals surface area contributed by atoms with E-state index in [2.05, 4.69) is 23.1 Å². The lowest BCUT2D eigenvalue weighted by atomic mass is 9.99. The highest BCUT2D eigenvalue weighted by Gasteiger charge is 2.33. The monoisotopic (exact) mass is 412 g/mol. The molecule has 3 N–H and O–H groups in total. The molecule has 27 heavy (non-hydrogen) atoms. The maximum atomic E-state index is 12.8. The van der Waals surface area contributed by atoms with Gasteiger partial charge in [0, 0.05) is 19.6 Å². The Morgan fingerprint density at radius 1 is 1.26 bits per heavy atom. The second-order valence-electron chi connectivity index (χ2n) is 6.74. The van der Waals surface area contributed by atoms with Gasteiger partial charge in [-0.15, -0.1) is 0 Å². The fourth-order valence-corrected chi connectivity index (χ4v) is 4.55. The number of thiocarbonyl (C=S) groups is 1. The largest absolute Gasteiger partial charge is 0.361 e. The van der Waals surface area contributed by atoms with Crippen molar-refractivity contribution in [2.24, 2.45) is 5.92 Å². The highest BCUT2D eigenvalue weighted by Crippen LogP contribution is 2.24. The number of hydrogen-bond acceptors (Lipinski definition) is 4. The molecule has 7 nitrogen and oxygen atoms in total. The lowest BCUT2D eigenvalue weighted by Gasteiger charge is -2.31. The fraction of sp³-hybridized carbons (Fsp3) is 0.556. The summed E-state index contributed by atoms with van der Waals surface area (Å²) in [4.78, 5) is 12.7. The van der Waals surface area contributed by atoms with E-state index in [9.17, 15) is 13.2 Å². The van der Waals surface area contributed by atoms with Gasteiger partial charge < -0.3 is 5.32 Å². The predicted octanol–water partition coefficient (Wildman–Crippen LogP) is 1.69. The Bertz CT molecular complexity index is 750. The van der Waals surface area contributed by atoms with Crippen molar-refractivity contribution < 1.29 is 13.2 Å². The van der Waals surface area contributed by atoms with Crippen molar-refractivity contribution >= 4 is 33.3 Å². The number of piperidine rings is 1. The number of nitrogens with one attached hydrogen (secondary N) is 3. The summed E-state index contributed by atoms with van der Waals surface area (Å²) in [5.41, 5.74) is 6.27. The van der Waals surface area contributed by atoms with E-state index < -0.39 is 15.9 Å². The average molecular weight is 413 g/mol. The number of carbonyl (C=O) groups is 1. The van der Waals surface area contributed by atoms with Gasteiger partial charge in [0.15, 0.2) is 5.11 Å². The van der Waals surface area contributed by atoms with Gasteiger partial charge in [-0.05, 0) is 50.5 Å². The van der Waals surface area contributed by atoms with Gasteiger partial charge in [0.2, 0.25) is 15.9 Å². The molecule has 0 unspecified atom stereocenters.